The lowest BCUT2D eigenvalue weighted by atomic mass is 10.00. The number of carbonyl (C=O) groups is 1. The van der Waals surface area contributed by atoms with E-state index in [-0.39, 0.29) is 23.7 Å². The molecule has 1 saturated carbocycles. The van der Waals surface area contributed by atoms with Gasteiger partial charge in [0.25, 0.3) is 5.91 Å². The Balaban J connectivity index is 1.75. The molecule has 2 heterocycles. The van der Waals surface area contributed by atoms with Gasteiger partial charge >= 0.3 is 6.18 Å². The predicted molar refractivity (Wildman–Crippen MR) is 104 cm³/mol. The van der Waals surface area contributed by atoms with E-state index >= 15 is 0 Å². The standard InChI is InChI=1S/C21H19F3N4O/c1-25-17-10-18(20(29)27-11-14-4-2-3-7-26-14)28-19-15(17)8-13(12-5-6-12)9-16(19)21(22,23)24/h2-4,7-10,12H,5-6,11H2,1H3,(H,25,28)(H,27,29). The zero-order valence-electron chi connectivity index (χ0n) is 15.7. The molecule has 1 aliphatic rings. The minimum absolute atomic E-state index is 0.0811. The topological polar surface area (TPSA) is 66.9 Å². The molecule has 0 aliphatic heterocycles. The van der Waals surface area contributed by atoms with Crippen LogP contribution < -0.4 is 10.6 Å². The Morgan fingerprint density at radius 3 is 2.62 bits per heavy atom. The van der Waals surface area contributed by atoms with E-state index in [4.69, 9.17) is 0 Å². The van der Waals surface area contributed by atoms with Crippen molar-refractivity contribution in [3.8, 4) is 0 Å². The number of alkyl halides is 3. The molecule has 0 saturated heterocycles. The van der Waals surface area contributed by atoms with Crippen LogP contribution in [0.15, 0.2) is 42.6 Å². The molecular formula is C21H19F3N4O. The third kappa shape index (κ3) is 4.01. The summed E-state index contributed by atoms with van der Waals surface area (Å²) in [6.45, 7) is 0.154. The summed E-state index contributed by atoms with van der Waals surface area (Å²) in [5, 5.41) is 5.93. The molecule has 0 bridgehead atoms. The number of nitrogens with one attached hydrogen (secondary N) is 2. The van der Waals surface area contributed by atoms with Crippen LogP contribution in [0.2, 0.25) is 0 Å². The van der Waals surface area contributed by atoms with Crippen LogP contribution in [0.3, 0.4) is 0 Å². The second-order valence-electron chi connectivity index (χ2n) is 7.05. The van der Waals surface area contributed by atoms with E-state index in [0.717, 1.165) is 12.8 Å². The van der Waals surface area contributed by atoms with Gasteiger partial charge in [-0.2, -0.15) is 13.2 Å². The molecule has 1 fully saturated rings. The number of aromatic nitrogens is 2. The van der Waals surface area contributed by atoms with Gasteiger partial charge in [0.15, 0.2) is 0 Å². The molecule has 0 spiro atoms. The van der Waals surface area contributed by atoms with Gasteiger partial charge in [0.2, 0.25) is 0 Å². The van der Waals surface area contributed by atoms with E-state index in [2.05, 4.69) is 20.6 Å². The Kier molecular flexibility index (Phi) is 4.86. The normalized spacial score (nSPS) is 14.1. The Morgan fingerprint density at radius 1 is 1.21 bits per heavy atom. The van der Waals surface area contributed by atoms with Gasteiger partial charge in [0, 0.05) is 24.3 Å². The molecule has 1 aromatic carbocycles. The van der Waals surface area contributed by atoms with Crippen LogP contribution in [0, 0.1) is 0 Å². The molecule has 1 amide bonds. The van der Waals surface area contributed by atoms with Gasteiger partial charge in [-0.3, -0.25) is 9.78 Å². The number of nitrogens with zero attached hydrogens (tertiary/aromatic N) is 2. The maximum absolute atomic E-state index is 13.8. The van der Waals surface area contributed by atoms with E-state index in [0.29, 0.717) is 22.3 Å². The molecule has 3 aromatic rings. The van der Waals surface area contributed by atoms with Gasteiger partial charge < -0.3 is 10.6 Å². The number of rotatable bonds is 5. The fourth-order valence-corrected chi connectivity index (χ4v) is 3.31. The number of halogens is 3. The van der Waals surface area contributed by atoms with Crippen molar-refractivity contribution in [2.45, 2.75) is 31.5 Å². The van der Waals surface area contributed by atoms with E-state index in [1.807, 2.05) is 0 Å². The first-order chi connectivity index (χ1) is 13.9. The highest BCUT2D eigenvalue weighted by Gasteiger charge is 2.36. The van der Waals surface area contributed by atoms with Crippen LogP contribution in [0.4, 0.5) is 18.9 Å². The fourth-order valence-electron chi connectivity index (χ4n) is 3.31. The number of anilines is 1. The van der Waals surface area contributed by atoms with Crippen molar-refractivity contribution in [2.75, 3.05) is 12.4 Å². The Labute approximate surface area is 165 Å². The predicted octanol–water partition coefficient (Wildman–Crippen LogP) is 4.50. The van der Waals surface area contributed by atoms with Crippen molar-refractivity contribution in [1.82, 2.24) is 15.3 Å². The van der Waals surface area contributed by atoms with Crippen LogP contribution in [0.25, 0.3) is 10.9 Å². The SMILES string of the molecule is CNc1cc(C(=O)NCc2ccccn2)nc2c(C(F)(F)F)cc(C3CC3)cc12. The zero-order chi connectivity index (χ0) is 20.6. The smallest absolute Gasteiger partial charge is 0.388 e. The molecule has 2 aromatic heterocycles. The van der Waals surface area contributed by atoms with Crippen molar-refractivity contribution >= 4 is 22.5 Å². The highest BCUT2D eigenvalue weighted by molar-refractivity contribution is 6.01. The van der Waals surface area contributed by atoms with Gasteiger partial charge in [-0.1, -0.05) is 6.07 Å². The largest absolute Gasteiger partial charge is 0.418 e. The summed E-state index contributed by atoms with van der Waals surface area (Å²) in [7, 11) is 1.61. The van der Waals surface area contributed by atoms with Crippen molar-refractivity contribution < 1.29 is 18.0 Å². The molecule has 0 radical (unpaired) electrons. The van der Waals surface area contributed by atoms with Crippen LogP contribution in [-0.2, 0) is 12.7 Å². The van der Waals surface area contributed by atoms with Crippen LogP contribution in [0.1, 0.15) is 46.1 Å². The molecule has 150 valence electrons. The number of pyridine rings is 2. The molecule has 8 heteroatoms. The first kappa shape index (κ1) is 19.2. The number of amides is 1. The molecule has 0 atom stereocenters. The molecular weight excluding hydrogens is 381 g/mol. The van der Waals surface area contributed by atoms with E-state index in [1.165, 1.54) is 12.1 Å². The van der Waals surface area contributed by atoms with Crippen molar-refractivity contribution in [2.24, 2.45) is 0 Å². The van der Waals surface area contributed by atoms with Crippen molar-refractivity contribution in [3.63, 3.8) is 0 Å². The fraction of sp³-hybridized carbons (Fsp3) is 0.286. The Morgan fingerprint density at radius 2 is 2.00 bits per heavy atom. The molecule has 2 N–H and O–H groups in total. The van der Waals surface area contributed by atoms with Gasteiger partial charge in [-0.15, -0.1) is 0 Å². The highest BCUT2D eigenvalue weighted by atomic mass is 19.4. The number of fused-ring (bicyclic) bond motifs is 1. The maximum atomic E-state index is 13.8. The third-order valence-corrected chi connectivity index (χ3v) is 4.95. The number of hydrogen-bond acceptors (Lipinski definition) is 4. The zero-order valence-corrected chi connectivity index (χ0v) is 15.7. The van der Waals surface area contributed by atoms with Crippen LogP contribution in [0.5, 0.6) is 0 Å². The number of hydrogen-bond donors (Lipinski definition) is 2. The molecule has 1 aliphatic carbocycles. The second kappa shape index (κ2) is 7.35. The van der Waals surface area contributed by atoms with E-state index < -0.39 is 17.6 Å². The lowest BCUT2D eigenvalue weighted by molar-refractivity contribution is -0.136. The lowest BCUT2D eigenvalue weighted by Crippen LogP contribution is -2.24. The van der Waals surface area contributed by atoms with E-state index in [1.54, 1.807) is 37.5 Å². The first-order valence-electron chi connectivity index (χ1n) is 9.28. The van der Waals surface area contributed by atoms with Crippen LogP contribution in [-0.4, -0.2) is 22.9 Å². The summed E-state index contributed by atoms with van der Waals surface area (Å²) >= 11 is 0. The van der Waals surface area contributed by atoms with Gasteiger partial charge in [0.05, 0.1) is 23.3 Å². The molecule has 29 heavy (non-hydrogen) atoms. The monoisotopic (exact) mass is 400 g/mol. The Bertz CT molecular complexity index is 1060. The van der Waals surface area contributed by atoms with Crippen molar-refractivity contribution in [3.05, 3.63) is 65.1 Å². The van der Waals surface area contributed by atoms with Crippen LogP contribution >= 0.6 is 0 Å². The number of benzene rings is 1. The van der Waals surface area contributed by atoms with Gasteiger partial charge in [-0.05, 0) is 54.7 Å². The van der Waals surface area contributed by atoms with Gasteiger partial charge in [0.1, 0.15) is 5.69 Å². The summed E-state index contributed by atoms with van der Waals surface area (Å²) in [5.41, 5.74) is 0.619. The first-order valence-corrected chi connectivity index (χ1v) is 9.28. The summed E-state index contributed by atoms with van der Waals surface area (Å²) in [4.78, 5) is 20.8. The molecule has 5 nitrogen and oxygen atoms in total. The average Bonchev–Trinajstić information content (AvgIpc) is 3.55. The molecule has 0 unspecified atom stereocenters. The summed E-state index contributed by atoms with van der Waals surface area (Å²) < 4.78 is 41.3. The summed E-state index contributed by atoms with van der Waals surface area (Å²) in [6.07, 6.45) is -1.19. The quantitative estimate of drug-likeness (QED) is 0.662. The van der Waals surface area contributed by atoms with E-state index in [9.17, 15) is 18.0 Å². The minimum atomic E-state index is -4.57. The highest BCUT2D eigenvalue weighted by Crippen LogP contribution is 2.45. The summed E-state index contributed by atoms with van der Waals surface area (Å²) in [5.74, 6) is -0.403. The molecule has 4 rings (SSSR count). The van der Waals surface area contributed by atoms with Gasteiger partial charge in [-0.25, -0.2) is 4.98 Å². The maximum Gasteiger partial charge on any atom is 0.418 e. The third-order valence-electron chi connectivity index (χ3n) is 4.95. The van der Waals surface area contributed by atoms with Crippen molar-refractivity contribution in [1.29, 1.82) is 0 Å². The number of carbonyl (C=O) groups excluding carboxylic acids is 1. The minimum Gasteiger partial charge on any atom is -0.388 e. The lowest BCUT2D eigenvalue weighted by Gasteiger charge is -2.16. The Hall–Kier alpha value is -3.16. The summed E-state index contributed by atoms with van der Waals surface area (Å²) in [6, 6.07) is 9.68. The average molecular weight is 400 g/mol. The second-order valence-corrected chi connectivity index (χ2v) is 7.05.